The molecule has 0 unspecified atom stereocenters. The van der Waals surface area contributed by atoms with E-state index < -0.39 is 41.4 Å². The minimum absolute atomic E-state index is 0.101. The van der Waals surface area contributed by atoms with Crippen LogP contribution in [0.5, 0.6) is 0 Å². The van der Waals surface area contributed by atoms with E-state index in [0.717, 1.165) is 46.5 Å². The van der Waals surface area contributed by atoms with Crippen molar-refractivity contribution in [2.75, 3.05) is 132 Å². The molecular weight excluding hydrogens is 1140 g/mol. The second kappa shape index (κ2) is 43.0. The summed E-state index contributed by atoms with van der Waals surface area (Å²) in [7, 11) is 0. The minimum Gasteiger partial charge on any atom is -0.458 e. The van der Waals surface area contributed by atoms with Crippen molar-refractivity contribution >= 4 is 47.2 Å². The number of aryl methyl sites for hydroxylation is 2. The maximum Gasteiger partial charge on any atom is 0.407 e. The first-order valence-electron chi connectivity index (χ1n) is 30.7. The molecular formula is C65H99N5O16S. The van der Waals surface area contributed by atoms with Gasteiger partial charge in [-0.25, -0.2) is 14.4 Å². The summed E-state index contributed by atoms with van der Waals surface area (Å²) in [5.41, 5.74) is 5.60. The Morgan fingerprint density at radius 2 is 0.943 bits per heavy atom. The lowest BCUT2D eigenvalue weighted by molar-refractivity contribution is -0.159. The summed E-state index contributed by atoms with van der Waals surface area (Å²) in [6.07, 6.45) is 3.92. The SMILES string of the molecule is Cc1ccc(CCC(=S)NCCCC[C@H](NC(=O)CCOCCOCCOCCOCCOCCOCCOCCOCCNC(=O)[C@H](CCCCNC(=O)OC(C)(C)C)NC(=O)OCC2c3ccccc3-c3ccccc32)C(=O)OC(C)(C)C)cc1. The van der Waals surface area contributed by atoms with Crippen LogP contribution in [0.3, 0.4) is 0 Å². The van der Waals surface area contributed by atoms with E-state index >= 15 is 0 Å². The molecule has 0 saturated heterocycles. The summed E-state index contributed by atoms with van der Waals surface area (Å²) in [4.78, 5) is 65.1. The number of hydrogen-bond acceptors (Lipinski definition) is 17. The standard InChI is InChI=1S/C65H99N5O16S/c1-49-22-24-50(25-23-49)26-27-59(87)66-29-14-13-21-57(61(73)85-64(2,3)4)69-58(71)28-32-76-34-36-78-38-40-80-42-44-82-46-47-83-45-43-81-41-39-79-37-35-77-33-31-67-60(72)56(20-12-15-30-68-62(74)86-65(5,6)7)70-63(75)84-48-55-53-18-10-8-16-51(53)52-17-9-11-19-54(52)55/h8-11,16-19,22-25,55-57H,12-15,20-21,26-48H2,1-7H3,(H,66,87)(H,67,72)(H,68,74)(H,69,71)(H,70,75)/t56-,57-/m0/s1. The molecule has 5 N–H and O–H groups in total. The zero-order chi connectivity index (χ0) is 63.0. The number of unbranched alkanes of at least 4 members (excludes halogenated alkanes) is 2. The molecule has 3 aromatic rings. The second-order valence-corrected chi connectivity index (χ2v) is 23.4. The molecule has 4 amide bonds. The van der Waals surface area contributed by atoms with Gasteiger partial charge in [0.2, 0.25) is 11.8 Å². The Kier molecular flexibility index (Phi) is 36.4. The number of amides is 4. The highest BCUT2D eigenvalue weighted by molar-refractivity contribution is 7.80. The number of ether oxygens (including phenoxy) is 11. The molecule has 0 fully saturated rings. The van der Waals surface area contributed by atoms with Crippen LogP contribution in [0.25, 0.3) is 11.1 Å². The van der Waals surface area contributed by atoms with Gasteiger partial charge < -0.3 is 78.7 Å². The summed E-state index contributed by atoms with van der Waals surface area (Å²) in [6, 6.07) is 23.0. The molecule has 0 radical (unpaired) electrons. The number of rotatable bonds is 46. The van der Waals surface area contributed by atoms with Crippen LogP contribution in [-0.4, -0.2) is 190 Å². The lowest BCUT2D eigenvalue weighted by Crippen LogP contribution is -2.47. The van der Waals surface area contributed by atoms with Crippen molar-refractivity contribution in [3.63, 3.8) is 0 Å². The van der Waals surface area contributed by atoms with E-state index in [1.807, 2.05) is 36.4 Å². The number of benzene rings is 3. The Morgan fingerprint density at radius 1 is 0.483 bits per heavy atom. The molecule has 1 aliphatic rings. The number of carbonyl (C=O) groups excluding carboxylic acids is 5. The first kappa shape index (κ1) is 73.6. The molecule has 0 bridgehead atoms. The normalized spacial score (nSPS) is 12.8. The van der Waals surface area contributed by atoms with Gasteiger partial charge in [0.15, 0.2) is 0 Å². The van der Waals surface area contributed by atoms with Gasteiger partial charge in [0.05, 0.1) is 111 Å². The van der Waals surface area contributed by atoms with Crippen molar-refractivity contribution < 1.29 is 76.1 Å². The molecule has 3 aromatic carbocycles. The molecule has 0 saturated carbocycles. The lowest BCUT2D eigenvalue weighted by atomic mass is 9.98. The molecule has 486 valence electrons. The summed E-state index contributed by atoms with van der Waals surface area (Å²) in [5, 5.41) is 14.5. The lowest BCUT2D eigenvalue weighted by Gasteiger charge is -2.24. The van der Waals surface area contributed by atoms with Gasteiger partial charge >= 0.3 is 18.2 Å². The van der Waals surface area contributed by atoms with Crippen molar-refractivity contribution in [1.82, 2.24) is 26.6 Å². The predicted molar refractivity (Wildman–Crippen MR) is 336 cm³/mol. The molecule has 1 aliphatic carbocycles. The minimum atomic E-state index is -0.866. The van der Waals surface area contributed by atoms with Gasteiger partial charge in [0, 0.05) is 38.4 Å². The van der Waals surface area contributed by atoms with E-state index in [1.54, 1.807) is 41.5 Å². The van der Waals surface area contributed by atoms with Gasteiger partial charge in [-0.1, -0.05) is 90.6 Å². The topological polar surface area (TPSA) is 247 Å². The zero-order valence-electron chi connectivity index (χ0n) is 52.6. The van der Waals surface area contributed by atoms with Crippen LogP contribution < -0.4 is 26.6 Å². The van der Waals surface area contributed by atoms with Gasteiger partial charge in [-0.05, 0) is 121 Å². The highest BCUT2D eigenvalue weighted by Crippen LogP contribution is 2.44. The van der Waals surface area contributed by atoms with E-state index in [0.29, 0.717) is 138 Å². The van der Waals surface area contributed by atoms with Crippen molar-refractivity contribution in [2.24, 2.45) is 0 Å². The smallest absolute Gasteiger partial charge is 0.407 e. The number of thiocarbonyl (C=S) groups is 1. The molecule has 87 heavy (non-hydrogen) atoms. The van der Waals surface area contributed by atoms with Gasteiger partial charge in [-0.15, -0.1) is 0 Å². The van der Waals surface area contributed by atoms with Crippen LogP contribution in [0.4, 0.5) is 9.59 Å². The van der Waals surface area contributed by atoms with Gasteiger partial charge in [-0.2, -0.15) is 0 Å². The molecule has 0 spiro atoms. The summed E-state index contributed by atoms with van der Waals surface area (Å²) in [5.74, 6) is -1.23. The first-order valence-corrected chi connectivity index (χ1v) is 31.1. The maximum atomic E-state index is 13.3. The molecule has 2 atom stereocenters. The number of fused-ring (bicyclic) bond motifs is 3. The monoisotopic (exact) mass is 1240 g/mol. The van der Waals surface area contributed by atoms with E-state index in [-0.39, 0.29) is 50.5 Å². The summed E-state index contributed by atoms with van der Waals surface area (Å²) < 4.78 is 61.3. The average Bonchev–Trinajstić information content (AvgIpc) is 1.69. The molecule has 0 aliphatic heterocycles. The van der Waals surface area contributed by atoms with Crippen LogP contribution >= 0.6 is 12.2 Å². The summed E-state index contributed by atoms with van der Waals surface area (Å²) >= 11 is 5.51. The van der Waals surface area contributed by atoms with E-state index in [2.05, 4.69) is 69.9 Å². The Labute approximate surface area is 521 Å². The van der Waals surface area contributed by atoms with Crippen molar-refractivity contribution in [3.8, 4) is 11.1 Å². The Bertz CT molecular complexity index is 2410. The number of carbonyl (C=O) groups is 5. The number of hydrogen-bond donors (Lipinski definition) is 5. The predicted octanol–water partition coefficient (Wildman–Crippen LogP) is 8.08. The zero-order valence-corrected chi connectivity index (χ0v) is 53.4. The Balaban J connectivity index is 0.920. The van der Waals surface area contributed by atoms with Crippen LogP contribution in [0.1, 0.15) is 121 Å². The highest BCUT2D eigenvalue weighted by Gasteiger charge is 2.30. The van der Waals surface area contributed by atoms with Crippen LogP contribution in [0.15, 0.2) is 72.8 Å². The van der Waals surface area contributed by atoms with E-state index in [4.69, 9.17) is 64.3 Å². The summed E-state index contributed by atoms with van der Waals surface area (Å²) in [6.45, 7) is 20.0. The second-order valence-electron chi connectivity index (χ2n) is 22.9. The molecule has 22 heteroatoms. The quantitative estimate of drug-likeness (QED) is 0.0155. The third kappa shape index (κ3) is 33.9. The van der Waals surface area contributed by atoms with Crippen molar-refractivity contribution in [3.05, 3.63) is 95.1 Å². The van der Waals surface area contributed by atoms with Crippen LogP contribution in [0, 0.1) is 6.92 Å². The fourth-order valence-electron chi connectivity index (χ4n) is 8.90. The van der Waals surface area contributed by atoms with Crippen LogP contribution in [-0.2, 0) is 72.9 Å². The Hall–Kier alpha value is -5.82. The molecule has 4 rings (SSSR count). The number of nitrogens with one attached hydrogen (secondary N) is 5. The van der Waals surface area contributed by atoms with E-state index in [1.165, 1.54) is 11.1 Å². The molecule has 0 aromatic heterocycles. The number of alkyl carbamates (subject to hydrolysis) is 2. The van der Waals surface area contributed by atoms with Gasteiger partial charge in [0.1, 0.15) is 29.9 Å². The third-order valence-electron chi connectivity index (χ3n) is 13.2. The first-order chi connectivity index (χ1) is 41.9. The fourth-order valence-corrected chi connectivity index (χ4v) is 9.10. The van der Waals surface area contributed by atoms with Crippen molar-refractivity contribution in [2.45, 2.75) is 135 Å². The van der Waals surface area contributed by atoms with Crippen molar-refractivity contribution in [1.29, 1.82) is 0 Å². The largest absolute Gasteiger partial charge is 0.458 e. The maximum absolute atomic E-state index is 13.3. The molecule has 21 nitrogen and oxygen atoms in total. The number of esters is 1. The van der Waals surface area contributed by atoms with E-state index in [9.17, 15) is 24.0 Å². The Morgan fingerprint density at radius 3 is 1.45 bits per heavy atom. The molecule has 0 heterocycles. The van der Waals surface area contributed by atoms with Gasteiger partial charge in [0.25, 0.3) is 0 Å². The third-order valence-corrected chi connectivity index (χ3v) is 13.5. The van der Waals surface area contributed by atoms with Gasteiger partial charge in [-0.3, -0.25) is 9.59 Å². The highest BCUT2D eigenvalue weighted by atomic mass is 32.1. The fraction of sp³-hybridized carbons (Fsp3) is 0.631. The average molecular weight is 1240 g/mol. The van der Waals surface area contributed by atoms with Crippen LogP contribution in [0.2, 0.25) is 0 Å².